The third kappa shape index (κ3) is 2.93. The molecule has 2 N–H and O–H groups in total. The van der Waals surface area contributed by atoms with Crippen LogP contribution in [-0.2, 0) is 23.2 Å². The molecule has 0 radical (unpaired) electrons. The number of aryl methyl sites for hydroxylation is 1. The number of H-pyrrole nitrogens is 1. The second-order valence-corrected chi connectivity index (χ2v) is 7.44. The molecule has 3 aromatic rings. The van der Waals surface area contributed by atoms with Gasteiger partial charge < -0.3 is 14.8 Å². The molecule has 0 amide bonds. The van der Waals surface area contributed by atoms with E-state index in [4.69, 9.17) is 4.74 Å². The first kappa shape index (κ1) is 19.1. The molecule has 148 valence electrons. The van der Waals surface area contributed by atoms with Crippen molar-refractivity contribution in [3.8, 4) is 11.1 Å². The summed E-state index contributed by atoms with van der Waals surface area (Å²) in [6, 6.07) is 8.13. The highest BCUT2D eigenvalue weighted by molar-refractivity contribution is 5.92. The molecule has 0 saturated carbocycles. The van der Waals surface area contributed by atoms with Crippen molar-refractivity contribution in [2.45, 2.75) is 45.1 Å². The molecular formula is C23H25F2NO2. The molecular weight excluding hydrogens is 360 g/mol. The lowest BCUT2D eigenvalue weighted by atomic mass is 9.86. The van der Waals surface area contributed by atoms with E-state index in [9.17, 15) is 13.9 Å². The molecule has 3 nitrogen and oxygen atoms in total. The van der Waals surface area contributed by atoms with E-state index in [1.54, 1.807) is 6.07 Å². The molecule has 28 heavy (non-hydrogen) atoms. The lowest BCUT2D eigenvalue weighted by Crippen LogP contribution is -2.36. The largest absolute Gasteiger partial charge is 0.396 e. The summed E-state index contributed by atoms with van der Waals surface area (Å²) in [6.45, 7) is 4.82. The number of aliphatic hydroxyl groups excluding tert-OH is 1. The van der Waals surface area contributed by atoms with Crippen molar-refractivity contribution < 1.29 is 18.6 Å². The van der Waals surface area contributed by atoms with Gasteiger partial charge in [0.25, 0.3) is 0 Å². The molecule has 1 unspecified atom stereocenters. The Kier molecular flexibility index (Phi) is 4.98. The van der Waals surface area contributed by atoms with E-state index in [-0.39, 0.29) is 6.61 Å². The maximum absolute atomic E-state index is 13.8. The number of aliphatic hydroxyl groups is 1. The molecule has 1 atom stereocenters. The molecule has 0 fully saturated rings. The van der Waals surface area contributed by atoms with Crippen molar-refractivity contribution >= 4 is 10.9 Å². The van der Waals surface area contributed by atoms with Crippen LogP contribution in [0, 0.1) is 11.6 Å². The van der Waals surface area contributed by atoms with Gasteiger partial charge in [-0.3, -0.25) is 0 Å². The second-order valence-electron chi connectivity index (χ2n) is 7.44. The first-order chi connectivity index (χ1) is 13.5. The molecule has 0 bridgehead atoms. The van der Waals surface area contributed by atoms with Crippen LogP contribution in [0.1, 0.15) is 43.5 Å². The van der Waals surface area contributed by atoms with Crippen molar-refractivity contribution in [2.24, 2.45) is 0 Å². The SMILES string of the molecule is CCc1cc(-c2ccc(F)c(F)c2)cc2c3c([nH]c12)C(CC)(CCO)OCC3. The molecule has 1 aliphatic rings. The fourth-order valence-electron chi connectivity index (χ4n) is 4.45. The Bertz CT molecular complexity index is 1030. The maximum atomic E-state index is 13.8. The van der Waals surface area contributed by atoms with Gasteiger partial charge in [0.15, 0.2) is 11.6 Å². The third-order valence-electron chi connectivity index (χ3n) is 6.00. The molecule has 2 aromatic carbocycles. The van der Waals surface area contributed by atoms with Crippen LogP contribution in [0.4, 0.5) is 8.78 Å². The maximum Gasteiger partial charge on any atom is 0.159 e. The van der Waals surface area contributed by atoms with Crippen LogP contribution in [0.15, 0.2) is 30.3 Å². The Labute approximate surface area is 163 Å². The van der Waals surface area contributed by atoms with Crippen molar-refractivity contribution in [2.75, 3.05) is 13.2 Å². The number of aromatic nitrogens is 1. The molecule has 0 saturated heterocycles. The first-order valence-electron chi connectivity index (χ1n) is 9.91. The van der Waals surface area contributed by atoms with Crippen LogP contribution in [0.25, 0.3) is 22.0 Å². The summed E-state index contributed by atoms with van der Waals surface area (Å²) in [5, 5.41) is 10.7. The zero-order valence-corrected chi connectivity index (χ0v) is 16.2. The number of nitrogens with one attached hydrogen (secondary N) is 1. The Morgan fingerprint density at radius 1 is 1.11 bits per heavy atom. The highest BCUT2D eigenvalue weighted by Gasteiger charge is 2.38. The lowest BCUT2D eigenvalue weighted by molar-refractivity contribution is -0.0795. The van der Waals surface area contributed by atoms with Gasteiger partial charge in [-0.15, -0.1) is 0 Å². The van der Waals surface area contributed by atoms with E-state index in [0.717, 1.165) is 47.0 Å². The van der Waals surface area contributed by atoms with Crippen LogP contribution >= 0.6 is 0 Å². The van der Waals surface area contributed by atoms with E-state index >= 15 is 0 Å². The van der Waals surface area contributed by atoms with Gasteiger partial charge in [0, 0.05) is 23.9 Å². The number of ether oxygens (including phenoxy) is 1. The predicted molar refractivity (Wildman–Crippen MR) is 106 cm³/mol. The second kappa shape index (κ2) is 7.30. The van der Waals surface area contributed by atoms with E-state index in [0.29, 0.717) is 18.6 Å². The molecule has 1 aliphatic heterocycles. The van der Waals surface area contributed by atoms with E-state index in [1.807, 2.05) is 6.07 Å². The molecule has 0 aliphatic carbocycles. The van der Waals surface area contributed by atoms with Gasteiger partial charge in [-0.2, -0.15) is 0 Å². The molecule has 5 heteroatoms. The first-order valence-corrected chi connectivity index (χ1v) is 9.91. The summed E-state index contributed by atoms with van der Waals surface area (Å²) in [7, 11) is 0. The predicted octanol–water partition coefficient (Wildman–Crippen LogP) is 5.24. The van der Waals surface area contributed by atoms with Gasteiger partial charge in [-0.05, 0) is 65.8 Å². The number of hydrogen-bond acceptors (Lipinski definition) is 2. The Balaban J connectivity index is 1.95. The summed E-state index contributed by atoms with van der Waals surface area (Å²) in [5.74, 6) is -1.68. The minimum Gasteiger partial charge on any atom is -0.396 e. The Morgan fingerprint density at radius 3 is 2.61 bits per heavy atom. The summed E-state index contributed by atoms with van der Waals surface area (Å²) in [4.78, 5) is 3.59. The highest BCUT2D eigenvalue weighted by atomic mass is 19.2. The van der Waals surface area contributed by atoms with Crippen LogP contribution in [-0.4, -0.2) is 23.3 Å². The van der Waals surface area contributed by atoms with Gasteiger partial charge in [0.2, 0.25) is 0 Å². The average molecular weight is 385 g/mol. The van der Waals surface area contributed by atoms with Gasteiger partial charge in [0.05, 0.1) is 12.3 Å². The summed E-state index contributed by atoms with van der Waals surface area (Å²) < 4.78 is 33.3. The van der Waals surface area contributed by atoms with Crippen molar-refractivity contribution in [1.82, 2.24) is 4.98 Å². The quantitative estimate of drug-likeness (QED) is 0.631. The average Bonchev–Trinajstić information content (AvgIpc) is 3.09. The molecule has 2 heterocycles. The summed E-state index contributed by atoms with van der Waals surface area (Å²) in [6.07, 6.45) is 2.91. The minimum absolute atomic E-state index is 0.0589. The van der Waals surface area contributed by atoms with Crippen molar-refractivity contribution in [1.29, 1.82) is 0 Å². The van der Waals surface area contributed by atoms with Gasteiger partial charge in [0.1, 0.15) is 5.60 Å². The van der Waals surface area contributed by atoms with Crippen molar-refractivity contribution in [3.05, 3.63) is 58.8 Å². The highest BCUT2D eigenvalue weighted by Crippen LogP contribution is 2.43. The standard InChI is InChI=1S/C23H25F2NO2/c1-3-14-11-16(15-5-6-19(24)20(25)13-15)12-18-17-7-10-28-23(4-2,8-9-27)22(17)26-21(14)18/h5-6,11-13,26-27H,3-4,7-10H2,1-2H3. The summed E-state index contributed by atoms with van der Waals surface area (Å²) in [5.41, 5.74) is 5.48. The lowest BCUT2D eigenvalue weighted by Gasteiger charge is -2.36. The monoisotopic (exact) mass is 385 g/mol. The summed E-state index contributed by atoms with van der Waals surface area (Å²) >= 11 is 0. The van der Waals surface area contributed by atoms with Crippen LogP contribution < -0.4 is 0 Å². The van der Waals surface area contributed by atoms with Gasteiger partial charge in [-0.1, -0.05) is 19.9 Å². The van der Waals surface area contributed by atoms with E-state index < -0.39 is 17.2 Å². The topological polar surface area (TPSA) is 45.2 Å². The number of fused-ring (bicyclic) bond motifs is 3. The van der Waals surface area contributed by atoms with Gasteiger partial charge >= 0.3 is 0 Å². The van der Waals surface area contributed by atoms with E-state index in [1.165, 1.54) is 17.7 Å². The Hall–Kier alpha value is -2.24. The number of rotatable bonds is 5. The van der Waals surface area contributed by atoms with Crippen molar-refractivity contribution in [3.63, 3.8) is 0 Å². The third-order valence-corrected chi connectivity index (χ3v) is 6.00. The zero-order valence-electron chi connectivity index (χ0n) is 16.2. The Morgan fingerprint density at radius 2 is 1.93 bits per heavy atom. The van der Waals surface area contributed by atoms with Crippen LogP contribution in [0.2, 0.25) is 0 Å². The fourth-order valence-corrected chi connectivity index (χ4v) is 4.45. The number of benzene rings is 2. The smallest absolute Gasteiger partial charge is 0.159 e. The number of hydrogen-bond donors (Lipinski definition) is 2. The molecule has 4 rings (SSSR count). The zero-order chi connectivity index (χ0) is 19.9. The van der Waals surface area contributed by atoms with E-state index in [2.05, 4.69) is 24.9 Å². The number of aromatic amines is 1. The number of halogens is 2. The van der Waals surface area contributed by atoms with Crippen LogP contribution in [0.3, 0.4) is 0 Å². The minimum atomic E-state index is -0.840. The van der Waals surface area contributed by atoms with Crippen LogP contribution in [0.5, 0.6) is 0 Å². The van der Waals surface area contributed by atoms with Gasteiger partial charge in [-0.25, -0.2) is 8.78 Å². The molecule has 1 aromatic heterocycles. The molecule has 0 spiro atoms. The fraction of sp³-hybridized carbons (Fsp3) is 0.391. The normalized spacial score (nSPS) is 19.2.